The van der Waals surface area contributed by atoms with Crippen LogP contribution in [0, 0.1) is 6.92 Å². The number of aryl methyl sites for hydroxylation is 1. The summed E-state index contributed by atoms with van der Waals surface area (Å²) in [6, 6.07) is 1.97. The highest BCUT2D eigenvalue weighted by Gasteiger charge is 1.98. The smallest absolute Gasteiger partial charge is 0.157 e. The average Bonchev–Trinajstić information content (AvgIpc) is 2.32. The summed E-state index contributed by atoms with van der Waals surface area (Å²) in [5.74, 6) is 0. The van der Waals surface area contributed by atoms with Crippen molar-refractivity contribution in [1.29, 1.82) is 0 Å². The molecule has 0 aromatic carbocycles. The fourth-order valence-electron chi connectivity index (χ4n) is 1.09. The van der Waals surface area contributed by atoms with Crippen LogP contribution in [0.25, 0.3) is 11.0 Å². The lowest BCUT2D eigenvalue weighted by Crippen LogP contribution is -1.90. The van der Waals surface area contributed by atoms with Crippen molar-refractivity contribution in [2.75, 3.05) is 0 Å². The van der Waals surface area contributed by atoms with Gasteiger partial charge < -0.3 is 0 Å². The Balaban J connectivity index is 2.86. The molecule has 0 unspecified atom stereocenters. The number of hydrogen-bond acceptors (Lipinski definition) is 2. The Morgan fingerprint density at radius 1 is 1.45 bits per heavy atom. The second-order valence-electron chi connectivity index (χ2n) is 2.52. The Morgan fingerprint density at radius 3 is 3.09 bits per heavy atom. The third-order valence-corrected chi connectivity index (χ3v) is 1.63. The minimum atomic E-state index is 0.900. The lowest BCUT2D eigenvalue weighted by Gasteiger charge is -1.92. The molecule has 11 heavy (non-hydrogen) atoms. The average molecular weight is 146 g/mol. The second-order valence-corrected chi connectivity index (χ2v) is 2.52. The van der Waals surface area contributed by atoms with Crippen molar-refractivity contribution in [3.05, 3.63) is 30.9 Å². The van der Waals surface area contributed by atoms with E-state index in [1.54, 1.807) is 17.1 Å². The standard InChI is InChI=1S/C8H8N3/c1-6-3-7-5-10-11(2)8(7)9-4-6/h3-5H,1H2,2H3. The van der Waals surface area contributed by atoms with E-state index in [-0.39, 0.29) is 0 Å². The first-order valence-electron chi connectivity index (χ1n) is 3.37. The highest BCUT2D eigenvalue weighted by Crippen LogP contribution is 2.10. The van der Waals surface area contributed by atoms with Crippen molar-refractivity contribution in [2.24, 2.45) is 7.05 Å². The van der Waals surface area contributed by atoms with Crippen molar-refractivity contribution >= 4 is 11.0 Å². The van der Waals surface area contributed by atoms with Crippen LogP contribution >= 0.6 is 0 Å². The fraction of sp³-hybridized carbons (Fsp3) is 0.125. The molecule has 1 radical (unpaired) electrons. The van der Waals surface area contributed by atoms with Crippen LogP contribution in [0.1, 0.15) is 5.56 Å². The Bertz CT molecular complexity index is 389. The number of fused-ring (bicyclic) bond motifs is 1. The van der Waals surface area contributed by atoms with E-state index in [0.717, 1.165) is 16.6 Å². The van der Waals surface area contributed by atoms with E-state index in [4.69, 9.17) is 0 Å². The van der Waals surface area contributed by atoms with E-state index >= 15 is 0 Å². The van der Waals surface area contributed by atoms with E-state index < -0.39 is 0 Å². The predicted octanol–water partition coefficient (Wildman–Crippen LogP) is 1.15. The van der Waals surface area contributed by atoms with Gasteiger partial charge in [-0.25, -0.2) is 4.98 Å². The van der Waals surface area contributed by atoms with E-state index in [0.29, 0.717) is 0 Å². The molecule has 0 aliphatic carbocycles. The first-order chi connectivity index (χ1) is 5.27. The summed E-state index contributed by atoms with van der Waals surface area (Å²) in [5.41, 5.74) is 1.82. The van der Waals surface area contributed by atoms with Gasteiger partial charge in [-0.15, -0.1) is 0 Å². The van der Waals surface area contributed by atoms with Crippen molar-refractivity contribution < 1.29 is 0 Å². The molecule has 2 aromatic heterocycles. The van der Waals surface area contributed by atoms with Crippen LogP contribution in [0.2, 0.25) is 0 Å². The van der Waals surface area contributed by atoms with Gasteiger partial charge in [0.2, 0.25) is 0 Å². The monoisotopic (exact) mass is 146 g/mol. The zero-order chi connectivity index (χ0) is 7.84. The number of pyridine rings is 1. The van der Waals surface area contributed by atoms with Gasteiger partial charge in [-0.05, 0) is 18.6 Å². The number of hydrogen-bond donors (Lipinski definition) is 0. The molecule has 0 spiro atoms. The van der Waals surface area contributed by atoms with Gasteiger partial charge in [0.1, 0.15) is 0 Å². The number of aromatic nitrogens is 3. The lowest BCUT2D eigenvalue weighted by atomic mass is 10.3. The van der Waals surface area contributed by atoms with Gasteiger partial charge in [-0.2, -0.15) is 5.10 Å². The lowest BCUT2D eigenvalue weighted by molar-refractivity contribution is 0.786. The Morgan fingerprint density at radius 2 is 2.27 bits per heavy atom. The molecule has 0 fully saturated rings. The molecule has 2 heterocycles. The molecule has 0 aliphatic heterocycles. The van der Waals surface area contributed by atoms with Crippen LogP contribution in [-0.2, 0) is 7.05 Å². The molecular formula is C8H8N3. The van der Waals surface area contributed by atoms with Crippen molar-refractivity contribution in [1.82, 2.24) is 14.8 Å². The SMILES string of the molecule is [CH2]c1cnc2c(cnn2C)c1. The zero-order valence-electron chi connectivity index (χ0n) is 6.28. The van der Waals surface area contributed by atoms with E-state index in [1.807, 2.05) is 13.1 Å². The minimum absolute atomic E-state index is 0.900. The third-order valence-electron chi connectivity index (χ3n) is 1.63. The molecule has 2 rings (SSSR count). The van der Waals surface area contributed by atoms with Crippen molar-refractivity contribution in [2.45, 2.75) is 0 Å². The molecule has 0 amide bonds. The zero-order valence-corrected chi connectivity index (χ0v) is 6.28. The van der Waals surface area contributed by atoms with Crippen molar-refractivity contribution in [3.8, 4) is 0 Å². The second kappa shape index (κ2) is 2.05. The highest BCUT2D eigenvalue weighted by atomic mass is 15.3. The summed E-state index contributed by atoms with van der Waals surface area (Å²) in [7, 11) is 1.87. The maximum absolute atomic E-state index is 4.18. The maximum Gasteiger partial charge on any atom is 0.157 e. The van der Waals surface area contributed by atoms with Gasteiger partial charge in [-0.1, -0.05) is 0 Å². The van der Waals surface area contributed by atoms with Gasteiger partial charge in [0.15, 0.2) is 5.65 Å². The Labute approximate surface area is 64.7 Å². The van der Waals surface area contributed by atoms with E-state index in [9.17, 15) is 0 Å². The van der Waals surface area contributed by atoms with Gasteiger partial charge in [0.25, 0.3) is 0 Å². The van der Waals surface area contributed by atoms with Crippen LogP contribution in [0.15, 0.2) is 18.5 Å². The molecule has 0 saturated carbocycles. The molecule has 0 bridgehead atoms. The fourth-order valence-corrected chi connectivity index (χ4v) is 1.09. The summed E-state index contributed by atoms with van der Waals surface area (Å²) >= 11 is 0. The third kappa shape index (κ3) is 0.888. The summed E-state index contributed by atoms with van der Waals surface area (Å²) in [5, 5.41) is 5.10. The summed E-state index contributed by atoms with van der Waals surface area (Å²) in [6.45, 7) is 3.78. The normalized spacial score (nSPS) is 10.7. The van der Waals surface area contributed by atoms with Crippen LogP contribution in [0.3, 0.4) is 0 Å². The van der Waals surface area contributed by atoms with Crippen LogP contribution in [0.4, 0.5) is 0 Å². The molecular weight excluding hydrogens is 138 g/mol. The van der Waals surface area contributed by atoms with Gasteiger partial charge in [-0.3, -0.25) is 4.68 Å². The maximum atomic E-state index is 4.18. The molecule has 3 nitrogen and oxygen atoms in total. The molecule has 55 valence electrons. The van der Waals surface area contributed by atoms with Gasteiger partial charge in [0, 0.05) is 18.6 Å². The van der Waals surface area contributed by atoms with Gasteiger partial charge >= 0.3 is 0 Å². The topological polar surface area (TPSA) is 30.7 Å². The first kappa shape index (κ1) is 6.34. The Kier molecular flexibility index (Phi) is 1.18. The Hall–Kier alpha value is -1.38. The van der Waals surface area contributed by atoms with E-state index in [2.05, 4.69) is 17.0 Å². The molecule has 0 aliphatic rings. The highest BCUT2D eigenvalue weighted by molar-refractivity contribution is 5.74. The summed E-state index contributed by atoms with van der Waals surface area (Å²) < 4.78 is 1.74. The molecule has 2 aromatic rings. The predicted molar refractivity (Wildman–Crippen MR) is 43.0 cm³/mol. The van der Waals surface area contributed by atoms with Crippen LogP contribution < -0.4 is 0 Å². The largest absolute Gasteiger partial charge is 0.250 e. The molecule has 0 N–H and O–H groups in total. The minimum Gasteiger partial charge on any atom is -0.250 e. The first-order valence-corrected chi connectivity index (χ1v) is 3.37. The molecule has 3 heteroatoms. The number of nitrogens with zero attached hydrogens (tertiary/aromatic N) is 3. The summed E-state index contributed by atoms with van der Waals surface area (Å²) in [6.07, 6.45) is 3.53. The van der Waals surface area contributed by atoms with E-state index in [1.165, 1.54) is 0 Å². The van der Waals surface area contributed by atoms with Crippen LogP contribution in [0.5, 0.6) is 0 Å². The molecule has 0 saturated heterocycles. The quantitative estimate of drug-likeness (QED) is 0.558. The van der Waals surface area contributed by atoms with Crippen molar-refractivity contribution in [3.63, 3.8) is 0 Å². The number of rotatable bonds is 0. The summed E-state index contributed by atoms with van der Waals surface area (Å²) in [4.78, 5) is 4.18. The van der Waals surface area contributed by atoms with Gasteiger partial charge in [0.05, 0.1) is 6.20 Å². The molecule has 0 atom stereocenters. The van der Waals surface area contributed by atoms with Crippen LogP contribution in [-0.4, -0.2) is 14.8 Å².